The van der Waals surface area contributed by atoms with Gasteiger partial charge < -0.3 is 10.1 Å². The van der Waals surface area contributed by atoms with Gasteiger partial charge in [-0.1, -0.05) is 26.0 Å². The second-order valence-electron chi connectivity index (χ2n) is 4.75. The van der Waals surface area contributed by atoms with Gasteiger partial charge in [0.1, 0.15) is 5.75 Å². The van der Waals surface area contributed by atoms with E-state index in [4.69, 9.17) is 4.74 Å². The highest BCUT2D eigenvalue weighted by Crippen LogP contribution is 2.25. The van der Waals surface area contributed by atoms with Crippen molar-refractivity contribution in [2.75, 3.05) is 13.2 Å². The molecule has 1 aromatic carbocycles. The van der Waals surface area contributed by atoms with Gasteiger partial charge in [0.25, 0.3) is 0 Å². The molecule has 0 radical (unpaired) electrons. The Labute approximate surface area is 98.0 Å². The van der Waals surface area contributed by atoms with Crippen LogP contribution in [0.25, 0.3) is 0 Å². The molecule has 1 aliphatic heterocycles. The predicted molar refractivity (Wildman–Crippen MR) is 67.1 cm³/mol. The summed E-state index contributed by atoms with van der Waals surface area (Å²) in [7, 11) is 0. The molecule has 1 aromatic rings. The van der Waals surface area contributed by atoms with Crippen molar-refractivity contribution in [1.29, 1.82) is 0 Å². The summed E-state index contributed by atoms with van der Waals surface area (Å²) in [6.07, 6.45) is 3.42. The fraction of sp³-hybridized carbons (Fsp3) is 0.571. The van der Waals surface area contributed by atoms with Gasteiger partial charge in [0.05, 0.1) is 6.61 Å². The van der Waals surface area contributed by atoms with Crippen LogP contribution in [0.2, 0.25) is 0 Å². The van der Waals surface area contributed by atoms with Crippen LogP contribution in [0.15, 0.2) is 18.2 Å². The number of nitrogens with one attached hydrogen (secondary N) is 1. The topological polar surface area (TPSA) is 21.3 Å². The molecule has 0 unspecified atom stereocenters. The minimum absolute atomic E-state index is 0.570. The number of fused-ring (bicyclic) bond motifs is 1. The summed E-state index contributed by atoms with van der Waals surface area (Å²) < 4.78 is 5.61. The van der Waals surface area contributed by atoms with E-state index in [1.807, 2.05) is 0 Å². The number of benzene rings is 1. The van der Waals surface area contributed by atoms with Gasteiger partial charge in [-0.05, 0) is 43.0 Å². The van der Waals surface area contributed by atoms with E-state index in [2.05, 4.69) is 37.4 Å². The molecule has 0 bridgehead atoms. The first-order valence-electron chi connectivity index (χ1n) is 6.23. The average molecular weight is 219 g/mol. The van der Waals surface area contributed by atoms with Crippen LogP contribution < -0.4 is 10.1 Å². The fourth-order valence-corrected chi connectivity index (χ4v) is 2.07. The third-order valence-electron chi connectivity index (χ3n) is 2.94. The Kier molecular flexibility index (Phi) is 3.83. The van der Waals surface area contributed by atoms with Crippen LogP contribution in [0, 0.1) is 0 Å². The smallest absolute Gasteiger partial charge is 0.122 e. The standard InChI is InChI=1S/C14H21NO/c1-11(2)15-8-7-12-5-6-14-13(10-12)4-3-9-16-14/h5-6,10-11,15H,3-4,7-9H2,1-2H3. The zero-order valence-electron chi connectivity index (χ0n) is 10.3. The Bertz CT molecular complexity index is 347. The highest BCUT2D eigenvalue weighted by molar-refractivity contribution is 5.38. The molecule has 16 heavy (non-hydrogen) atoms. The van der Waals surface area contributed by atoms with Crippen LogP contribution in [-0.4, -0.2) is 19.2 Å². The first kappa shape index (κ1) is 11.5. The number of hydrogen-bond acceptors (Lipinski definition) is 2. The zero-order chi connectivity index (χ0) is 11.4. The molecule has 0 aromatic heterocycles. The summed E-state index contributed by atoms with van der Waals surface area (Å²) in [6, 6.07) is 7.18. The quantitative estimate of drug-likeness (QED) is 0.840. The van der Waals surface area contributed by atoms with Gasteiger partial charge in [-0.25, -0.2) is 0 Å². The minimum atomic E-state index is 0.570. The maximum absolute atomic E-state index is 5.61. The lowest BCUT2D eigenvalue weighted by Gasteiger charge is -2.18. The Morgan fingerprint density at radius 1 is 1.38 bits per heavy atom. The number of hydrogen-bond donors (Lipinski definition) is 1. The normalized spacial score (nSPS) is 14.7. The number of aryl methyl sites for hydroxylation is 1. The van der Waals surface area contributed by atoms with Crippen molar-refractivity contribution >= 4 is 0 Å². The molecule has 2 nitrogen and oxygen atoms in total. The maximum Gasteiger partial charge on any atom is 0.122 e. The highest BCUT2D eigenvalue weighted by Gasteiger charge is 2.10. The number of ether oxygens (including phenoxy) is 1. The predicted octanol–water partition coefficient (Wildman–Crippen LogP) is 2.55. The van der Waals surface area contributed by atoms with E-state index < -0.39 is 0 Å². The van der Waals surface area contributed by atoms with Gasteiger partial charge >= 0.3 is 0 Å². The molecule has 0 fully saturated rings. The first-order valence-corrected chi connectivity index (χ1v) is 6.23. The van der Waals surface area contributed by atoms with Crippen molar-refractivity contribution in [1.82, 2.24) is 5.32 Å². The van der Waals surface area contributed by atoms with Crippen molar-refractivity contribution in [3.05, 3.63) is 29.3 Å². The molecule has 0 saturated heterocycles. The van der Waals surface area contributed by atoms with Gasteiger partial charge in [-0.15, -0.1) is 0 Å². The molecule has 1 aliphatic rings. The van der Waals surface area contributed by atoms with E-state index in [0.29, 0.717) is 6.04 Å². The van der Waals surface area contributed by atoms with Crippen molar-refractivity contribution in [3.8, 4) is 5.75 Å². The van der Waals surface area contributed by atoms with E-state index in [-0.39, 0.29) is 0 Å². The second kappa shape index (κ2) is 5.35. The van der Waals surface area contributed by atoms with Crippen molar-refractivity contribution < 1.29 is 4.74 Å². The van der Waals surface area contributed by atoms with E-state index in [1.165, 1.54) is 17.5 Å². The van der Waals surface area contributed by atoms with Crippen LogP contribution in [0.3, 0.4) is 0 Å². The van der Waals surface area contributed by atoms with E-state index in [0.717, 1.165) is 31.7 Å². The second-order valence-corrected chi connectivity index (χ2v) is 4.75. The van der Waals surface area contributed by atoms with E-state index in [9.17, 15) is 0 Å². The summed E-state index contributed by atoms with van der Waals surface area (Å²) in [5.41, 5.74) is 2.80. The Balaban J connectivity index is 1.95. The van der Waals surface area contributed by atoms with Crippen LogP contribution >= 0.6 is 0 Å². The molecule has 88 valence electrons. The first-order chi connectivity index (χ1) is 7.75. The average Bonchev–Trinajstić information content (AvgIpc) is 2.28. The lowest BCUT2D eigenvalue weighted by molar-refractivity contribution is 0.288. The minimum Gasteiger partial charge on any atom is -0.493 e. The Hall–Kier alpha value is -1.02. The molecular formula is C14H21NO. The van der Waals surface area contributed by atoms with E-state index in [1.54, 1.807) is 0 Å². The SMILES string of the molecule is CC(C)NCCc1ccc2c(c1)CCCO2. The molecule has 0 saturated carbocycles. The van der Waals surface area contributed by atoms with Crippen molar-refractivity contribution in [2.45, 2.75) is 39.2 Å². The lowest BCUT2D eigenvalue weighted by Crippen LogP contribution is -2.25. The summed E-state index contributed by atoms with van der Waals surface area (Å²) in [4.78, 5) is 0. The summed E-state index contributed by atoms with van der Waals surface area (Å²) >= 11 is 0. The molecule has 2 heteroatoms. The molecule has 0 atom stereocenters. The Morgan fingerprint density at radius 2 is 2.25 bits per heavy atom. The Morgan fingerprint density at radius 3 is 3.06 bits per heavy atom. The fourth-order valence-electron chi connectivity index (χ4n) is 2.07. The molecule has 0 spiro atoms. The summed E-state index contributed by atoms with van der Waals surface area (Å²) in [5, 5.41) is 3.44. The molecule has 0 amide bonds. The summed E-state index contributed by atoms with van der Waals surface area (Å²) in [5.74, 6) is 1.09. The van der Waals surface area contributed by atoms with Crippen molar-refractivity contribution in [3.63, 3.8) is 0 Å². The lowest BCUT2D eigenvalue weighted by atomic mass is 10.0. The van der Waals surface area contributed by atoms with E-state index >= 15 is 0 Å². The largest absolute Gasteiger partial charge is 0.493 e. The van der Waals surface area contributed by atoms with Gasteiger partial charge in [0.15, 0.2) is 0 Å². The van der Waals surface area contributed by atoms with Crippen LogP contribution in [-0.2, 0) is 12.8 Å². The molecule has 2 rings (SSSR count). The number of rotatable bonds is 4. The monoisotopic (exact) mass is 219 g/mol. The third-order valence-corrected chi connectivity index (χ3v) is 2.94. The van der Waals surface area contributed by atoms with Crippen LogP contribution in [0.4, 0.5) is 0 Å². The van der Waals surface area contributed by atoms with Gasteiger partial charge in [0.2, 0.25) is 0 Å². The molecule has 1 heterocycles. The van der Waals surface area contributed by atoms with Gasteiger partial charge in [-0.2, -0.15) is 0 Å². The third kappa shape index (κ3) is 2.99. The maximum atomic E-state index is 5.61. The van der Waals surface area contributed by atoms with Crippen LogP contribution in [0.1, 0.15) is 31.4 Å². The zero-order valence-corrected chi connectivity index (χ0v) is 10.3. The highest BCUT2D eigenvalue weighted by atomic mass is 16.5. The molecule has 0 aliphatic carbocycles. The molecular weight excluding hydrogens is 198 g/mol. The van der Waals surface area contributed by atoms with Crippen LogP contribution in [0.5, 0.6) is 5.75 Å². The van der Waals surface area contributed by atoms with Gasteiger partial charge in [-0.3, -0.25) is 0 Å². The molecule has 1 N–H and O–H groups in total. The van der Waals surface area contributed by atoms with Gasteiger partial charge in [0, 0.05) is 6.04 Å². The van der Waals surface area contributed by atoms with Crippen molar-refractivity contribution in [2.24, 2.45) is 0 Å². The summed E-state index contributed by atoms with van der Waals surface area (Å²) in [6.45, 7) is 6.29.